The summed E-state index contributed by atoms with van der Waals surface area (Å²) in [5.41, 5.74) is 9.49. The summed E-state index contributed by atoms with van der Waals surface area (Å²) < 4.78 is 6.75. The molecule has 150 valence electrons. The van der Waals surface area contributed by atoms with Gasteiger partial charge in [0.1, 0.15) is 11.3 Å². The summed E-state index contributed by atoms with van der Waals surface area (Å²) in [6.45, 7) is 1.84. The maximum absolute atomic E-state index is 13.4. The van der Waals surface area contributed by atoms with Gasteiger partial charge in [0.25, 0.3) is 0 Å². The molecule has 0 spiro atoms. The number of hydrogen-bond acceptors (Lipinski definition) is 5. The van der Waals surface area contributed by atoms with Crippen LogP contribution in [0.4, 0.5) is 5.69 Å². The van der Waals surface area contributed by atoms with Crippen LogP contribution in [0.5, 0.6) is 0 Å². The Balaban J connectivity index is 2.15. The van der Waals surface area contributed by atoms with Crippen LogP contribution >= 0.6 is 0 Å². The predicted octanol–water partition coefficient (Wildman–Crippen LogP) is 3.65. The number of methoxy groups -OCH3 is 1. The number of hydrogen-bond donors (Lipinski definition) is 1. The zero-order chi connectivity index (χ0) is 21.3. The molecule has 0 aliphatic heterocycles. The van der Waals surface area contributed by atoms with Gasteiger partial charge in [-0.1, -0.05) is 36.4 Å². The zero-order valence-corrected chi connectivity index (χ0v) is 16.8. The Morgan fingerprint density at radius 1 is 1.07 bits per heavy atom. The van der Waals surface area contributed by atoms with Crippen molar-refractivity contribution in [3.05, 3.63) is 99.5 Å². The standard InChI is InChI=1S/C24H21N3O3/c1-15-11-12-19-22(28)20(13-16-7-4-3-5-8-16)21(24(29)30-2)27(23(19)26-15)18-10-6-9-17(25)14-18/h3-12,14H,13,25H2,1-2H3. The van der Waals surface area contributed by atoms with Crippen LogP contribution in [0.1, 0.15) is 27.3 Å². The second-order valence-electron chi connectivity index (χ2n) is 7.06. The maximum atomic E-state index is 13.4. The highest BCUT2D eigenvalue weighted by atomic mass is 16.5. The van der Waals surface area contributed by atoms with Crippen molar-refractivity contribution in [2.24, 2.45) is 0 Å². The number of nitrogens with zero attached hydrogens (tertiary/aromatic N) is 2. The molecule has 0 aliphatic carbocycles. The Labute approximate surface area is 173 Å². The van der Waals surface area contributed by atoms with Crippen molar-refractivity contribution >= 4 is 22.7 Å². The average Bonchev–Trinajstić information content (AvgIpc) is 2.75. The molecule has 0 aliphatic rings. The van der Waals surface area contributed by atoms with Crippen molar-refractivity contribution in [1.82, 2.24) is 9.55 Å². The summed E-state index contributed by atoms with van der Waals surface area (Å²) in [6, 6.07) is 20.2. The van der Waals surface area contributed by atoms with Gasteiger partial charge < -0.3 is 10.5 Å². The lowest BCUT2D eigenvalue weighted by Crippen LogP contribution is -2.25. The Bertz CT molecular complexity index is 1310. The van der Waals surface area contributed by atoms with Gasteiger partial charge in [0, 0.05) is 29.1 Å². The van der Waals surface area contributed by atoms with Gasteiger partial charge in [-0.25, -0.2) is 9.78 Å². The first-order valence-electron chi connectivity index (χ1n) is 9.53. The third-order valence-corrected chi connectivity index (χ3v) is 4.99. The molecule has 2 aromatic heterocycles. The highest BCUT2D eigenvalue weighted by Crippen LogP contribution is 2.24. The molecule has 4 rings (SSSR count). The monoisotopic (exact) mass is 399 g/mol. The Morgan fingerprint density at radius 2 is 1.83 bits per heavy atom. The molecule has 0 saturated heterocycles. The second kappa shape index (κ2) is 7.83. The lowest BCUT2D eigenvalue weighted by molar-refractivity contribution is 0.0590. The fourth-order valence-electron chi connectivity index (χ4n) is 3.59. The van der Waals surface area contributed by atoms with Crippen LogP contribution in [-0.4, -0.2) is 22.6 Å². The van der Waals surface area contributed by atoms with E-state index in [9.17, 15) is 9.59 Å². The number of anilines is 1. The molecule has 6 nitrogen and oxygen atoms in total. The van der Waals surface area contributed by atoms with Gasteiger partial charge in [0.2, 0.25) is 0 Å². The normalized spacial score (nSPS) is 10.9. The summed E-state index contributed by atoms with van der Waals surface area (Å²) in [5.74, 6) is -0.606. The number of nitrogens with two attached hydrogens (primary N) is 1. The van der Waals surface area contributed by atoms with Crippen LogP contribution in [0.25, 0.3) is 16.7 Å². The van der Waals surface area contributed by atoms with Gasteiger partial charge in [-0.2, -0.15) is 0 Å². The van der Waals surface area contributed by atoms with Crippen LogP contribution < -0.4 is 11.2 Å². The van der Waals surface area contributed by atoms with Gasteiger partial charge in [0.05, 0.1) is 12.5 Å². The number of nitrogen functional groups attached to an aromatic ring is 1. The number of pyridine rings is 2. The molecule has 0 fully saturated rings. The molecular formula is C24H21N3O3. The Kier molecular flexibility index (Phi) is 5.06. The summed E-state index contributed by atoms with van der Waals surface area (Å²) in [5, 5.41) is 0.432. The molecule has 6 heteroatoms. The number of aromatic nitrogens is 2. The summed E-state index contributed by atoms with van der Waals surface area (Å²) in [4.78, 5) is 31.0. The molecule has 2 aromatic carbocycles. The number of rotatable bonds is 4. The number of aryl methyl sites for hydroxylation is 1. The third-order valence-electron chi connectivity index (χ3n) is 4.99. The van der Waals surface area contributed by atoms with Crippen LogP contribution in [-0.2, 0) is 11.2 Å². The third kappa shape index (κ3) is 3.43. The first-order chi connectivity index (χ1) is 14.5. The molecule has 0 radical (unpaired) electrons. The largest absolute Gasteiger partial charge is 0.464 e. The number of carbonyl (C=O) groups is 1. The van der Waals surface area contributed by atoms with Crippen molar-refractivity contribution < 1.29 is 9.53 Å². The van der Waals surface area contributed by atoms with E-state index in [1.807, 2.05) is 43.3 Å². The van der Waals surface area contributed by atoms with E-state index in [-0.39, 0.29) is 17.5 Å². The Morgan fingerprint density at radius 3 is 2.53 bits per heavy atom. The fourth-order valence-corrected chi connectivity index (χ4v) is 3.59. The van der Waals surface area contributed by atoms with Crippen LogP contribution in [0.2, 0.25) is 0 Å². The van der Waals surface area contributed by atoms with E-state index in [0.717, 1.165) is 11.3 Å². The molecule has 2 N–H and O–H groups in total. The van der Waals surface area contributed by atoms with E-state index in [4.69, 9.17) is 10.5 Å². The summed E-state index contributed by atoms with van der Waals surface area (Å²) in [6.07, 6.45) is 0.288. The minimum absolute atomic E-state index is 0.155. The van der Waals surface area contributed by atoms with Gasteiger partial charge in [0.15, 0.2) is 5.43 Å². The van der Waals surface area contributed by atoms with Gasteiger partial charge in [-0.05, 0) is 42.8 Å². The molecule has 0 bridgehead atoms. The zero-order valence-electron chi connectivity index (χ0n) is 16.8. The van der Waals surface area contributed by atoms with Crippen LogP contribution in [0.15, 0.2) is 71.5 Å². The van der Waals surface area contributed by atoms with E-state index >= 15 is 0 Å². The minimum Gasteiger partial charge on any atom is -0.464 e. The summed E-state index contributed by atoms with van der Waals surface area (Å²) in [7, 11) is 1.30. The summed E-state index contributed by atoms with van der Waals surface area (Å²) >= 11 is 0. The van der Waals surface area contributed by atoms with E-state index < -0.39 is 5.97 Å². The van der Waals surface area contributed by atoms with Gasteiger partial charge in [-0.3, -0.25) is 9.36 Å². The Hall–Kier alpha value is -3.93. The lowest BCUT2D eigenvalue weighted by atomic mass is 10.00. The van der Waals surface area contributed by atoms with Crippen molar-refractivity contribution in [1.29, 1.82) is 0 Å². The van der Waals surface area contributed by atoms with Crippen molar-refractivity contribution in [2.75, 3.05) is 12.8 Å². The van der Waals surface area contributed by atoms with E-state index in [1.165, 1.54) is 7.11 Å². The number of carbonyl (C=O) groups excluding carboxylic acids is 1. The number of fused-ring (bicyclic) bond motifs is 1. The maximum Gasteiger partial charge on any atom is 0.355 e. The second-order valence-corrected chi connectivity index (χ2v) is 7.06. The SMILES string of the molecule is COC(=O)c1c(Cc2ccccc2)c(=O)c2ccc(C)nc2n1-c1cccc(N)c1. The highest BCUT2D eigenvalue weighted by molar-refractivity contribution is 5.94. The van der Waals surface area contributed by atoms with Gasteiger partial charge in [-0.15, -0.1) is 0 Å². The lowest BCUT2D eigenvalue weighted by Gasteiger charge is -2.19. The van der Waals surface area contributed by atoms with Crippen molar-refractivity contribution in [3.63, 3.8) is 0 Å². The van der Waals surface area contributed by atoms with E-state index in [2.05, 4.69) is 4.98 Å². The minimum atomic E-state index is -0.606. The molecule has 0 saturated carbocycles. The molecule has 4 aromatic rings. The topological polar surface area (TPSA) is 87.2 Å². The quantitative estimate of drug-likeness (QED) is 0.418. The fraction of sp³-hybridized carbons (Fsp3) is 0.125. The molecule has 30 heavy (non-hydrogen) atoms. The first kappa shape index (κ1) is 19.4. The van der Waals surface area contributed by atoms with Crippen molar-refractivity contribution in [3.8, 4) is 5.69 Å². The molecule has 0 unspecified atom stereocenters. The average molecular weight is 399 g/mol. The van der Waals surface area contributed by atoms with Crippen LogP contribution in [0.3, 0.4) is 0 Å². The van der Waals surface area contributed by atoms with Crippen molar-refractivity contribution in [2.45, 2.75) is 13.3 Å². The molecule has 0 amide bonds. The smallest absolute Gasteiger partial charge is 0.355 e. The first-order valence-corrected chi connectivity index (χ1v) is 9.53. The number of ether oxygens (including phenoxy) is 1. The van der Waals surface area contributed by atoms with E-state index in [0.29, 0.717) is 28.0 Å². The molecule has 0 atom stereocenters. The van der Waals surface area contributed by atoms with Crippen LogP contribution in [0, 0.1) is 6.92 Å². The highest BCUT2D eigenvalue weighted by Gasteiger charge is 2.25. The van der Waals surface area contributed by atoms with E-state index in [1.54, 1.807) is 34.9 Å². The molecule has 2 heterocycles. The number of esters is 1. The molecular weight excluding hydrogens is 378 g/mol. The predicted molar refractivity (Wildman–Crippen MR) is 117 cm³/mol. The number of benzene rings is 2. The van der Waals surface area contributed by atoms with Gasteiger partial charge >= 0.3 is 5.97 Å².